The number of nitrogens with zero attached hydrogens (tertiary/aromatic N) is 3. The SMILES string of the molecule is FC1CCNCC1.N/C=C(\NN)c1ccn2c(-c3nc(N)c(F)cc3F)cnc2c1. The van der Waals surface area contributed by atoms with Gasteiger partial charge in [0, 0.05) is 24.0 Å². The van der Waals surface area contributed by atoms with Crippen LogP contribution in [0.15, 0.2) is 36.8 Å². The Balaban J connectivity index is 0.000000310. The lowest BCUT2D eigenvalue weighted by Gasteiger charge is -2.14. The lowest BCUT2D eigenvalue weighted by molar-refractivity contribution is 0.262. The third-order valence-electron chi connectivity index (χ3n) is 4.61. The predicted molar refractivity (Wildman–Crippen MR) is 109 cm³/mol. The molecule has 3 aromatic heterocycles. The zero-order valence-electron chi connectivity index (χ0n) is 16.1. The molecule has 0 aromatic carbocycles. The first-order chi connectivity index (χ1) is 14.4. The second-order valence-corrected chi connectivity index (χ2v) is 6.62. The minimum Gasteiger partial charge on any atom is -0.403 e. The second-order valence-electron chi connectivity index (χ2n) is 6.62. The average molecular weight is 420 g/mol. The van der Waals surface area contributed by atoms with Crippen molar-refractivity contribution in [1.82, 2.24) is 25.1 Å². The van der Waals surface area contributed by atoms with Gasteiger partial charge in [-0.2, -0.15) is 0 Å². The van der Waals surface area contributed by atoms with E-state index in [0.29, 0.717) is 41.5 Å². The van der Waals surface area contributed by atoms with Gasteiger partial charge in [0.25, 0.3) is 0 Å². The Labute approximate surface area is 170 Å². The quantitative estimate of drug-likeness (QED) is 0.322. The molecule has 1 fully saturated rings. The summed E-state index contributed by atoms with van der Waals surface area (Å²) < 4.78 is 41.0. The number of aromatic nitrogens is 3. The van der Waals surface area contributed by atoms with E-state index in [2.05, 4.69) is 20.7 Å². The van der Waals surface area contributed by atoms with Crippen LogP contribution >= 0.6 is 0 Å². The number of piperidine rings is 1. The molecule has 4 rings (SSSR count). The molecule has 1 aliphatic heterocycles. The molecule has 4 heterocycles. The number of hydrogen-bond donors (Lipinski definition) is 5. The Morgan fingerprint density at radius 2 is 1.97 bits per heavy atom. The van der Waals surface area contributed by atoms with Crippen LogP contribution in [0.1, 0.15) is 18.4 Å². The van der Waals surface area contributed by atoms with Crippen molar-refractivity contribution in [3.05, 3.63) is 54.0 Å². The Hall–Kier alpha value is -3.31. The van der Waals surface area contributed by atoms with Gasteiger partial charge in [0.1, 0.15) is 17.5 Å². The molecule has 0 radical (unpaired) electrons. The summed E-state index contributed by atoms with van der Waals surface area (Å²) in [4.78, 5) is 7.94. The lowest BCUT2D eigenvalue weighted by Crippen LogP contribution is -2.28. The van der Waals surface area contributed by atoms with Crippen molar-refractivity contribution < 1.29 is 13.2 Å². The molecule has 160 valence electrons. The Kier molecular flexibility index (Phi) is 6.75. The number of nitrogens with one attached hydrogen (secondary N) is 2. The molecule has 0 bridgehead atoms. The first-order valence-corrected chi connectivity index (χ1v) is 9.27. The molecule has 0 spiro atoms. The maximum atomic E-state index is 14.0. The maximum absolute atomic E-state index is 14.0. The first-order valence-electron chi connectivity index (χ1n) is 9.27. The molecule has 0 saturated carbocycles. The Morgan fingerprint density at radius 3 is 2.57 bits per heavy atom. The van der Waals surface area contributed by atoms with Crippen molar-refractivity contribution in [3.63, 3.8) is 0 Å². The highest BCUT2D eigenvalue weighted by atomic mass is 19.1. The van der Waals surface area contributed by atoms with Gasteiger partial charge in [-0.1, -0.05) is 0 Å². The minimum absolute atomic E-state index is 0.0873. The molecule has 0 aliphatic carbocycles. The molecule has 0 atom stereocenters. The van der Waals surface area contributed by atoms with Crippen molar-refractivity contribution in [2.45, 2.75) is 19.0 Å². The van der Waals surface area contributed by atoms with Crippen molar-refractivity contribution in [2.24, 2.45) is 11.6 Å². The average Bonchev–Trinajstić information content (AvgIpc) is 3.16. The van der Waals surface area contributed by atoms with Gasteiger partial charge in [0.2, 0.25) is 0 Å². The van der Waals surface area contributed by atoms with Crippen LogP contribution in [-0.4, -0.2) is 33.6 Å². The van der Waals surface area contributed by atoms with Crippen molar-refractivity contribution in [3.8, 4) is 11.4 Å². The van der Waals surface area contributed by atoms with E-state index in [-0.39, 0.29) is 11.5 Å². The summed E-state index contributed by atoms with van der Waals surface area (Å²) in [6, 6.07) is 4.10. The number of halogens is 3. The number of hydrogen-bond acceptors (Lipinski definition) is 7. The molecule has 1 saturated heterocycles. The van der Waals surface area contributed by atoms with Crippen LogP contribution in [-0.2, 0) is 0 Å². The number of alkyl halides is 1. The number of hydrazine groups is 1. The zero-order chi connectivity index (χ0) is 21.7. The number of nitrogens with two attached hydrogens (primary N) is 3. The fraction of sp³-hybridized carbons (Fsp3) is 0.263. The minimum atomic E-state index is -0.908. The highest BCUT2D eigenvalue weighted by Gasteiger charge is 2.16. The van der Waals surface area contributed by atoms with Gasteiger partial charge in [-0.15, -0.1) is 0 Å². The van der Waals surface area contributed by atoms with Gasteiger partial charge in [0.05, 0.1) is 17.6 Å². The number of nitrogen functional groups attached to an aromatic ring is 1. The Morgan fingerprint density at radius 1 is 1.23 bits per heavy atom. The summed E-state index contributed by atoms with van der Waals surface area (Å²) >= 11 is 0. The van der Waals surface area contributed by atoms with E-state index in [0.717, 1.165) is 13.1 Å². The molecular formula is C19H23F3N8. The van der Waals surface area contributed by atoms with Crippen molar-refractivity contribution in [1.29, 1.82) is 0 Å². The number of rotatable bonds is 3. The fourth-order valence-electron chi connectivity index (χ4n) is 3.00. The zero-order valence-corrected chi connectivity index (χ0v) is 16.1. The third-order valence-corrected chi connectivity index (χ3v) is 4.61. The summed E-state index contributed by atoms with van der Waals surface area (Å²) in [6.07, 6.45) is 5.27. The molecule has 3 aromatic rings. The molecule has 0 amide bonds. The van der Waals surface area contributed by atoms with Crippen molar-refractivity contribution >= 4 is 17.2 Å². The van der Waals surface area contributed by atoms with Gasteiger partial charge < -0.3 is 22.2 Å². The van der Waals surface area contributed by atoms with Gasteiger partial charge >= 0.3 is 0 Å². The van der Waals surface area contributed by atoms with Crippen LogP contribution < -0.4 is 28.1 Å². The van der Waals surface area contributed by atoms with Crippen LogP contribution in [0.2, 0.25) is 0 Å². The van der Waals surface area contributed by atoms with E-state index in [9.17, 15) is 13.2 Å². The van der Waals surface area contributed by atoms with Gasteiger partial charge in [0.15, 0.2) is 17.5 Å². The highest BCUT2D eigenvalue weighted by Crippen LogP contribution is 2.25. The Bertz CT molecular complexity index is 1040. The summed E-state index contributed by atoms with van der Waals surface area (Å²) in [6.45, 7) is 1.72. The summed E-state index contributed by atoms with van der Waals surface area (Å²) in [7, 11) is 0. The van der Waals surface area contributed by atoms with E-state index in [1.54, 1.807) is 22.7 Å². The highest BCUT2D eigenvalue weighted by molar-refractivity contribution is 5.69. The third kappa shape index (κ3) is 4.63. The van der Waals surface area contributed by atoms with Crippen molar-refractivity contribution in [2.75, 3.05) is 18.8 Å². The van der Waals surface area contributed by atoms with Gasteiger partial charge in [-0.25, -0.2) is 23.1 Å². The monoisotopic (exact) mass is 420 g/mol. The topological polar surface area (TPSA) is 132 Å². The molecular weight excluding hydrogens is 397 g/mol. The molecule has 8 nitrogen and oxygen atoms in total. The van der Waals surface area contributed by atoms with E-state index >= 15 is 0 Å². The van der Waals surface area contributed by atoms with Crippen LogP contribution in [0.5, 0.6) is 0 Å². The molecule has 8 N–H and O–H groups in total. The van der Waals surface area contributed by atoms with Gasteiger partial charge in [-0.05, 0) is 38.1 Å². The molecule has 0 unspecified atom stereocenters. The smallest absolute Gasteiger partial charge is 0.168 e. The fourth-order valence-corrected chi connectivity index (χ4v) is 3.00. The van der Waals surface area contributed by atoms with E-state index < -0.39 is 17.8 Å². The van der Waals surface area contributed by atoms with Crippen LogP contribution in [0.4, 0.5) is 19.0 Å². The second kappa shape index (κ2) is 9.46. The lowest BCUT2D eigenvalue weighted by atomic mass is 10.1. The number of pyridine rings is 2. The van der Waals surface area contributed by atoms with E-state index in [1.807, 2.05) is 0 Å². The molecule has 11 heteroatoms. The van der Waals surface area contributed by atoms with Gasteiger partial charge in [-0.3, -0.25) is 10.2 Å². The standard InChI is InChI=1S/C14H13F2N7.C5H10FN/c15-8-4-9(16)14(18)21-13(8)11-6-20-12-3-7(1-2-23(11)12)10(5-17)22-19;6-5-1-3-7-4-2-5/h1-6,22H,17,19H2,(H2,18,21);5,7H,1-4H2/b10-5-;. The first kappa shape index (κ1) is 21.4. The predicted octanol–water partition coefficient (Wildman–Crippen LogP) is 1.69. The molecule has 1 aliphatic rings. The van der Waals surface area contributed by atoms with E-state index in [4.69, 9.17) is 17.3 Å². The largest absolute Gasteiger partial charge is 0.403 e. The van der Waals surface area contributed by atoms with Crippen LogP contribution in [0.25, 0.3) is 22.7 Å². The molecule has 30 heavy (non-hydrogen) atoms. The number of imidazole rings is 1. The van der Waals surface area contributed by atoms with Crippen LogP contribution in [0, 0.1) is 11.6 Å². The summed E-state index contributed by atoms with van der Waals surface area (Å²) in [5.74, 6) is 3.26. The summed E-state index contributed by atoms with van der Waals surface area (Å²) in [5.41, 5.74) is 15.3. The maximum Gasteiger partial charge on any atom is 0.168 e. The normalized spacial score (nSPS) is 15.0. The number of fused-ring (bicyclic) bond motifs is 1. The summed E-state index contributed by atoms with van der Waals surface area (Å²) in [5, 5.41) is 3.08. The van der Waals surface area contributed by atoms with E-state index in [1.165, 1.54) is 12.4 Å². The number of anilines is 1. The van der Waals surface area contributed by atoms with Crippen LogP contribution in [0.3, 0.4) is 0 Å².